The Morgan fingerprint density at radius 1 is 1.33 bits per heavy atom. The Kier molecular flexibility index (Phi) is 4.33. The molecule has 0 atom stereocenters. The van der Waals surface area contributed by atoms with Crippen molar-refractivity contribution in [2.75, 3.05) is 6.54 Å². The lowest BCUT2D eigenvalue weighted by Crippen LogP contribution is -2.12. The number of hydrogen-bond acceptors (Lipinski definition) is 3. The van der Waals surface area contributed by atoms with Gasteiger partial charge < -0.3 is 5.32 Å². The minimum absolute atomic E-state index is 0.775. The maximum Gasteiger partial charge on any atom is 0.0885 e. The van der Waals surface area contributed by atoms with Crippen LogP contribution in [-0.2, 0) is 13.1 Å². The molecule has 2 aromatic rings. The summed E-state index contributed by atoms with van der Waals surface area (Å²) in [5.74, 6) is 0. The van der Waals surface area contributed by atoms with Gasteiger partial charge in [0.2, 0.25) is 0 Å². The van der Waals surface area contributed by atoms with Gasteiger partial charge in [0.25, 0.3) is 0 Å². The molecule has 0 unspecified atom stereocenters. The standard InChI is InChI=1S/C13H17ClN4/c1-3-15-8-11-7-10(5-6-12(11)14)13-9-16-17-18(13)4-2/h5-7,9,15H,3-4,8H2,1-2H3. The average Bonchev–Trinajstić information content (AvgIpc) is 2.86. The van der Waals surface area contributed by atoms with Crippen LogP contribution in [0.4, 0.5) is 0 Å². The van der Waals surface area contributed by atoms with Crippen LogP contribution in [0.5, 0.6) is 0 Å². The van der Waals surface area contributed by atoms with Crippen LogP contribution in [0.25, 0.3) is 11.3 Å². The molecule has 18 heavy (non-hydrogen) atoms. The molecule has 1 N–H and O–H groups in total. The molecule has 0 saturated carbocycles. The molecular weight excluding hydrogens is 248 g/mol. The van der Waals surface area contributed by atoms with Gasteiger partial charge in [-0.05, 0) is 31.2 Å². The molecule has 1 aromatic heterocycles. The summed E-state index contributed by atoms with van der Waals surface area (Å²) in [6, 6.07) is 6.02. The second kappa shape index (κ2) is 5.98. The molecular formula is C13H17ClN4. The van der Waals surface area contributed by atoms with E-state index in [0.717, 1.165) is 41.5 Å². The number of aromatic nitrogens is 3. The van der Waals surface area contributed by atoms with Crippen molar-refractivity contribution in [3.63, 3.8) is 0 Å². The number of hydrogen-bond donors (Lipinski definition) is 1. The van der Waals surface area contributed by atoms with E-state index in [-0.39, 0.29) is 0 Å². The van der Waals surface area contributed by atoms with Crippen molar-refractivity contribution in [1.29, 1.82) is 0 Å². The van der Waals surface area contributed by atoms with Crippen molar-refractivity contribution in [2.45, 2.75) is 26.9 Å². The third-order valence-electron chi connectivity index (χ3n) is 2.82. The minimum Gasteiger partial charge on any atom is -0.313 e. The predicted molar refractivity (Wildman–Crippen MR) is 73.5 cm³/mol. The van der Waals surface area contributed by atoms with E-state index in [4.69, 9.17) is 11.6 Å². The Morgan fingerprint density at radius 3 is 2.89 bits per heavy atom. The van der Waals surface area contributed by atoms with Gasteiger partial charge >= 0.3 is 0 Å². The van der Waals surface area contributed by atoms with Gasteiger partial charge in [-0.15, -0.1) is 5.10 Å². The largest absolute Gasteiger partial charge is 0.313 e. The highest BCUT2D eigenvalue weighted by atomic mass is 35.5. The fourth-order valence-electron chi connectivity index (χ4n) is 1.84. The van der Waals surface area contributed by atoms with Crippen molar-refractivity contribution in [3.8, 4) is 11.3 Å². The third kappa shape index (κ3) is 2.71. The average molecular weight is 265 g/mol. The van der Waals surface area contributed by atoms with Gasteiger partial charge in [0.05, 0.1) is 11.9 Å². The van der Waals surface area contributed by atoms with Gasteiger partial charge in [-0.3, -0.25) is 0 Å². The van der Waals surface area contributed by atoms with Gasteiger partial charge in [-0.25, -0.2) is 4.68 Å². The molecule has 0 spiro atoms. The third-order valence-corrected chi connectivity index (χ3v) is 3.19. The molecule has 0 radical (unpaired) electrons. The lowest BCUT2D eigenvalue weighted by Gasteiger charge is -2.08. The number of nitrogens with zero attached hydrogens (tertiary/aromatic N) is 3. The zero-order valence-electron chi connectivity index (χ0n) is 10.7. The second-order valence-corrected chi connectivity index (χ2v) is 4.43. The quantitative estimate of drug-likeness (QED) is 0.903. The zero-order valence-corrected chi connectivity index (χ0v) is 11.4. The molecule has 0 aliphatic heterocycles. The van der Waals surface area contributed by atoms with E-state index >= 15 is 0 Å². The van der Waals surface area contributed by atoms with Crippen LogP contribution in [0, 0.1) is 0 Å². The van der Waals surface area contributed by atoms with Gasteiger partial charge in [0, 0.05) is 23.7 Å². The maximum absolute atomic E-state index is 6.19. The molecule has 4 nitrogen and oxygen atoms in total. The number of rotatable bonds is 5. The molecule has 0 bridgehead atoms. The highest BCUT2D eigenvalue weighted by molar-refractivity contribution is 6.31. The Balaban J connectivity index is 2.34. The van der Waals surface area contributed by atoms with Crippen molar-refractivity contribution < 1.29 is 0 Å². The molecule has 0 fully saturated rings. The first kappa shape index (κ1) is 13.1. The fourth-order valence-corrected chi connectivity index (χ4v) is 2.03. The van der Waals surface area contributed by atoms with Crippen LogP contribution in [0.2, 0.25) is 5.02 Å². The molecule has 96 valence electrons. The number of aryl methyl sites for hydroxylation is 1. The molecule has 0 amide bonds. The van der Waals surface area contributed by atoms with Gasteiger partial charge in [-0.1, -0.05) is 29.8 Å². The van der Waals surface area contributed by atoms with Gasteiger partial charge in [-0.2, -0.15) is 0 Å². The number of nitrogens with one attached hydrogen (secondary N) is 1. The van der Waals surface area contributed by atoms with Crippen LogP contribution >= 0.6 is 11.6 Å². The monoisotopic (exact) mass is 264 g/mol. The maximum atomic E-state index is 6.19. The molecule has 5 heteroatoms. The predicted octanol–water partition coefficient (Wildman–Crippen LogP) is 2.73. The first-order valence-electron chi connectivity index (χ1n) is 6.14. The minimum atomic E-state index is 0.775. The molecule has 1 heterocycles. The Bertz CT molecular complexity index is 521. The SMILES string of the molecule is CCNCc1cc(-c2cnnn2CC)ccc1Cl. The number of halogens is 1. The summed E-state index contributed by atoms with van der Waals surface area (Å²) in [4.78, 5) is 0. The Morgan fingerprint density at radius 2 is 2.17 bits per heavy atom. The molecule has 0 aliphatic carbocycles. The first-order chi connectivity index (χ1) is 8.76. The summed E-state index contributed by atoms with van der Waals surface area (Å²) >= 11 is 6.19. The van der Waals surface area contributed by atoms with Crippen LogP contribution in [0.1, 0.15) is 19.4 Å². The van der Waals surface area contributed by atoms with Crippen LogP contribution in [0.3, 0.4) is 0 Å². The van der Waals surface area contributed by atoms with Gasteiger partial charge in [0.15, 0.2) is 0 Å². The van der Waals surface area contributed by atoms with E-state index in [9.17, 15) is 0 Å². The smallest absolute Gasteiger partial charge is 0.0885 e. The Labute approximate surface area is 112 Å². The molecule has 0 saturated heterocycles. The normalized spacial score (nSPS) is 10.8. The highest BCUT2D eigenvalue weighted by Crippen LogP contribution is 2.24. The Hall–Kier alpha value is -1.39. The topological polar surface area (TPSA) is 42.7 Å². The van der Waals surface area contributed by atoms with E-state index in [1.165, 1.54) is 0 Å². The summed E-state index contributed by atoms with van der Waals surface area (Å²) in [5.41, 5.74) is 3.21. The van der Waals surface area contributed by atoms with Crippen molar-refractivity contribution >= 4 is 11.6 Å². The highest BCUT2D eigenvalue weighted by Gasteiger charge is 2.08. The van der Waals surface area contributed by atoms with Crippen molar-refractivity contribution in [3.05, 3.63) is 35.0 Å². The van der Waals surface area contributed by atoms with E-state index in [1.807, 2.05) is 23.7 Å². The number of benzene rings is 1. The lowest BCUT2D eigenvalue weighted by atomic mass is 10.1. The molecule has 1 aromatic carbocycles. The lowest BCUT2D eigenvalue weighted by molar-refractivity contribution is 0.632. The first-order valence-corrected chi connectivity index (χ1v) is 6.52. The molecule has 2 rings (SSSR count). The summed E-state index contributed by atoms with van der Waals surface area (Å²) in [6.45, 7) is 6.63. The fraction of sp³-hybridized carbons (Fsp3) is 0.385. The van der Waals surface area contributed by atoms with Crippen LogP contribution in [0.15, 0.2) is 24.4 Å². The van der Waals surface area contributed by atoms with E-state index in [2.05, 4.69) is 28.6 Å². The van der Waals surface area contributed by atoms with E-state index in [0.29, 0.717) is 0 Å². The summed E-state index contributed by atoms with van der Waals surface area (Å²) in [7, 11) is 0. The zero-order chi connectivity index (χ0) is 13.0. The second-order valence-electron chi connectivity index (χ2n) is 4.02. The van der Waals surface area contributed by atoms with Crippen molar-refractivity contribution in [2.24, 2.45) is 0 Å². The van der Waals surface area contributed by atoms with Crippen LogP contribution in [-0.4, -0.2) is 21.5 Å². The summed E-state index contributed by atoms with van der Waals surface area (Å²) in [6.07, 6.45) is 1.78. The van der Waals surface area contributed by atoms with E-state index < -0.39 is 0 Å². The molecule has 0 aliphatic rings. The van der Waals surface area contributed by atoms with Crippen LogP contribution < -0.4 is 5.32 Å². The summed E-state index contributed by atoms with van der Waals surface area (Å²) in [5, 5.41) is 12.1. The van der Waals surface area contributed by atoms with Gasteiger partial charge in [0.1, 0.15) is 0 Å². The summed E-state index contributed by atoms with van der Waals surface area (Å²) < 4.78 is 1.88. The van der Waals surface area contributed by atoms with Crippen molar-refractivity contribution in [1.82, 2.24) is 20.3 Å². The van der Waals surface area contributed by atoms with E-state index in [1.54, 1.807) is 6.20 Å².